The van der Waals surface area contributed by atoms with E-state index in [2.05, 4.69) is 10.3 Å². The number of benzene rings is 1. The van der Waals surface area contributed by atoms with Crippen LogP contribution in [0.4, 0.5) is 5.69 Å². The van der Waals surface area contributed by atoms with Gasteiger partial charge in [0.15, 0.2) is 0 Å². The zero-order valence-corrected chi connectivity index (χ0v) is 12.1. The van der Waals surface area contributed by atoms with Crippen LogP contribution in [0.3, 0.4) is 0 Å². The van der Waals surface area contributed by atoms with E-state index in [1.165, 1.54) is 0 Å². The van der Waals surface area contributed by atoms with Crippen molar-refractivity contribution in [1.29, 1.82) is 0 Å². The molecule has 102 valence electrons. The molecule has 0 fully saturated rings. The molecule has 1 aromatic carbocycles. The van der Waals surface area contributed by atoms with E-state index < -0.39 is 0 Å². The van der Waals surface area contributed by atoms with Crippen molar-refractivity contribution in [3.63, 3.8) is 0 Å². The number of ether oxygens (including phenoxy) is 1. The van der Waals surface area contributed by atoms with Gasteiger partial charge in [0, 0.05) is 25.1 Å². The highest BCUT2D eigenvalue weighted by Crippen LogP contribution is 2.28. The fourth-order valence-corrected chi connectivity index (χ4v) is 1.93. The Morgan fingerprint density at radius 2 is 2.21 bits per heavy atom. The van der Waals surface area contributed by atoms with Gasteiger partial charge in [0.25, 0.3) is 0 Å². The molecule has 4 nitrogen and oxygen atoms in total. The van der Waals surface area contributed by atoms with E-state index in [4.69, 9.17) is 16.3 Å². The number of halogens is 1. The summed E-state index contributed by atoms with van der Waals surface area (Å²) in [6.07, 6.45) is 3.82. The van der Waals surface area contributed by atoms with E-state index in [0.29, 0.717) is 17.3 Å². The molecule has 1 aromatic heterocycles. The maximum Gasteiger partial charge on any atom is 0.138 e. The van der Waals surface area contributed by atoms with E-state index in [-0.39, 0.29) is 6.10 Å². The molecule has 1 N–H and O–H groups in total. The van der Waals surface area contributed by atoms with Crippen molar-refractivity contribution in [3.8, 4) is 5.75 Å². The molecule has 0 aliphatic carbocycles. The van der Waals surface area contributed by atoms with Crippen molar-refractivity contribution in [1.82, 2.24) is 9.55 Å². The van der Waals surface area contributed by atoms with Crippen LogP contribution in [0.2, 0.25) is 5.02 Å². The van der Waals surface area contributed by atoms with E-state index in [1.807, 2.05) is 49.9 Å². The minimum Gasteiger partial charge on any atom is -0.489 e. The van der Waals surface area contributed by atoms with Gasteiger partial charge in [-0.15, -0.1) is 0 Å². The number of aryl methyl sites for hydroxylation is 1. The van der Waals surface area contributed by atoms with Gasteiger partial charge in [-0.3, -0.25) is 0 Å². The molecular formula is C14H18ClN3O. The Morgan fingerprint density at radius 1 is 1.42 bits per heavy atom. The first-order valence-electron chi connectivity index (χ1n) is 6.22. The van der Waals surface area contributed by atoms with Crippen LogP contribution >= 0.6 is 11.6 Å². The highest BCUT2D eigenvalue weighted by molar-refractivity contribution is 6.32. The predicted octanol–water partition coefficient (Wildman–Crippen LogP) is 3.47. The Balaban J connectivity index is 2.02. The van der Waals surface area contributed by atoms with E-state index in [9.17, 15) is 0 Å². The summed E-state index contributed by atoms with van der Waals surface area (Å²) >= 11 is 6.18. The second-order valence-electron chi connectivity index (χ2n) is 4.62. The fraction of sp³-hybridized carbons (Fsp3) is 0.357. The maximum atomic E-state index is 6.18. The molecular weight excluding hydrogens is 262 g/mol. The standard InChI is InChI=1S/C14H18ClN3O/c1-10(2)19-13-5-4-11(8-12(13)15)17-9-14-16-6-7-18(14)3/h4-8,10,17H,9H2,1-3H3. The highest BCUT2D eigenvalue weighted by Gasteiger charge is 2.05. The molecule has 0 unspecified atom stereocenters. The molecule has 5 heteroatoms. The Labute approximate surface area is 118 Å². The first-order valence-corrected chi connectivity index (χ1v) is 6.60. The number of aromatic nitrogens is 2. The van der Waals surface area contributed by atoms with Gasteiger partial charge >= 0.3 is 0 Å². The molecule has 0 bridgehead atoms. The Morgan fingerprint density at radius 3 is 2.79 bits per heavy atom. The highest BCUT2D eigenvalue weighted by atomic mass is 35.5. The van der Waals surface area contributed by atoms with Gasteiger partial charge in [0.1, 0.15) is 11.6 Å². The van der Waals surface area contributed by atoms with Crippen LogP contribution in [0.1, 0.15) is 19.7 Å². The molecule has 0 aliphatic rings. The minimum absolute atomic E-state index is 0.115. The zero-order chi connectivity index (χ0) is 13.8. The minimum atomic E-state index is 0.115. The average Bonchev–Trinajstić information content (AvgIpc) is 2.75. The fourth-order valence-electron chi connectivity index (χ4n) is 1.71. The summed E-state index contributed by atoms with van der Waals surface area (Å²) in [7, 11) is 1.97. The number of hydrogen-bond donors (Lipinski definition) is 1. The summed E-state index contributed by atoms with van der Waals surface area (Å²) in [4.78, 5) is 4.25. The van der Waals surface area contributed by atoms with Crippen LogP contribution in [-0.4, -0.2) is 15.7 Å². The largest absolute Gasteiger partial charge is 0.489 e. The van der Waals surface area contributed by atoms with E-state index in [1.54, 1.807) is 6.20 Å². The third-order valence-electron chi connectivity index (χ3n) is 2.67. The Kier molecular flexibility index (Phi) is 4.32. The summed E-state index contributed by atoms with van der Waals surface area (Å²) < 4.78 is 7.57. The molecule has 0 spiro atoms. The van der Waals surface area contributed by atoms with Gasteiger partial charge in [0.05, 0.1) is 17.7 Å². The molecule has 0 saturated carbocycles. The second-order valence-corrected chi connectivity index (χ2v) is 5.03. The normalized spacial score (nSPS) is 10.8. The van der Waals surface area contributed by atoms with Crippen LogP contribution in [0.5, 0.6) is 5.75 Å². The average molecular weight is 280 g/mol. The lowest BCUT2D eigenvalue weighted by molar-refractivity contribution is 0.242. The van der Waals surface area contributed by atoms with Crippen molar-refractivity contribution in [2.24, 2.45) is 7.05 Å². The summed E-state index contributed by atoms with van der Waals surface area (Å²) in [5, 5.41) is 3.90. The van der Waals surface area contributed by atoms with E-state index in [0.717, 1.165) is 11.5 Å². The van der Waals surface area contributed by atoms with Gasteiger partial charge in [-0.2, -0.15) is 0 Å². The second kappa shape index (κ2) is 5.97. The third kappa shape index (κ3) is 3.64. The van der Waals surface area contributed by atoms with Gasteiger partial charge in [0.2, 0.25) is 0 Å². The number of rotatable bonds is 5. The lowest BCUT2D eigenvalue weighted by Gasteiger charge is -2.13. The van der Waals surface area contributed by atoms with Crippen LogP contribution in [0.25, 0.3) is 0 Å². The molecule has 19 heavy (non-hydrogen) atoms. The molecule has 1 heterocycles. The summed E-state index contributed by atoms with van der Waals surface area (Å²) in [5.41, 5.74) is 0.948. The first kappa shape index (κ1) is 13.7. The van der Waals surface area contributed by atoms with Crippen molar-refractivity contribution in [2.45, 2.75) is 26.5 Å². The van der Waals surface area contributed by atoms with Crippen LogP contribution in [0.15, 0.2) is 30.6 Å². The lowest BCUT2D eigenvalue weighted by Crippen LogP contribution is -2.07. The van der Waals surface area contributed by atoms with Gasteiger partial charge in [-0.25, -0.2) is 4.98 Å². The Bertz CT molecular complexity index is 551. The molecule has 0 atom stereocenters. The number of nitrogens with one attached hydrogen (secondary N) is 1. The van der Waals surface area contributed by atoms with Crippen LogP contribution in [-0.2, 0) is 13.6 Å². The van der Waals surface area contributed by atoms with Crippen molar-refractivity contribution in [3.05, 3.63) is 41.4 Å². The SMILES string of the molecule is CC(C)Oc1ccc(NCc2nccn2C)cc1Cl. The van der Waals surface area contributed by atoms with Crippen LogP contribution < -0.4 is 10.1 Å². The quantitative estimate of drug-likeness (QED) is 0.911. The number of anilines is 1. The van der Waals surface area contributed by atoms with Gasteiger partial charge < -0.3 is 14.6 Å². The number of nitrogens with zero attached hydrogens (tertiary/aromatic N) is 2. The number of imidazole rings is 1. The molecule has 0 radical (unpaired) electrons. The van der Waals surface area contributed by atoms with Gasteiger partial charge in [-0.1, -0.05) is 11.6 Å². The zero-order valence-electron chi connectivity index (χ0n) is 11.4. The van der Waals surface area contributed by atoms with Crippen molar-refractivity contribution in [2.75, 3.05) is 5.32 Å². The topological polar surface area (TPSA) is 39.1 Å². The summed E-state index contributed by atoms with van der Waals surface area (Å²) in [5.74, 6) is 1.68. The first-order chi connectivity index (χ1) is 9.06. The van der Waals surface area contributed by atoms with Crippen molar-refractivity contribution < 1.29 is 4.74 Å². The van der Waals surface area contributed by atoms with Crippen molar-refractivity contribution >= 4 is 17.3 Å². The maximum absolute atomic E-state index is 6.18. The third-order valence-corrected chi connectivity index (χ3v) is 2.96. The number of hydrogen-bond acceptors (Lipinski definition) is 3. The van der Waals surface area contributed by atoms with Crippen LogP contribution in [0, 0.1) is 0 Å². The molecule has 2 aromatic rings. The smallest absolute Gasteiger partial charge is 0.138 e. The monoisotopic (exact) mass is 279 g/mol. The molecule has 0 amide bonds. The molecule has 0 saturated heterocycles. The van der Waals surface area contributed by atoms with E-state index >= 15 is 0 Å². The lowest BCUT2D eigenvalue weighted by atomic mass is 10.3. The summed E-state index contributed by atoms with van der Waals surface area (Å²) in [6, 6.07) is 5.69. The molecule has 0 aliphatic heterocycles. The Hall–Kier alpha value is -1.68. The van der Waals surface area contributed by atoms with Gasteiger partial charge in [-0.05, 0) is 32.0 Å². The molecule has 2 rings (SSSR count). The predicted molar refractivity (Wildman–Crippen MR) is 77.8 cm³/mol. The summed E-state index contributed by atoms with van der Waals surface area (Å²) in [6.45, 7) is 4.61.